The summed E-state index contributed by atoms with van der Waals surface area (Å²) < 4.78 is 0. The van der Waals surface area contributed by atoms with Crippen LogP contribution in [0.2, 0.25) is 0 Å². The number of thiol groups is 1. The maximum absolute atomic E-state index is 10.6. The monoisotopic (exact) mass is 143 g/mol. The highest BCUT2D eigenvalue weighted by Crippen LogP contribution is 2.03. The van der Waals surface area contributed by atoms with Gasteiger partial charge in [0.1, 0.15) is 0 Å². The van der Waals surface area contributed by atoms with E-state index in [1.165, 1.54) is 0 Å². The fourth-order valence-corrected chi connectivity index (χ4v) is 0.977. The van der Waals surface area contributed by atoms with Gasteiger partial charge in [-0.25, -0.2) is 0 Å². The molecule has 0 unspecified atom stereocenters. The van der Waals surface area contributed by atoms with Gasteiger partial charge < -0.3 is 5.32 Å². The number of hydrogen-bond acceptors (Lipinski definition) is 2. The van der Waals surface area contributed by atoms with Gasteiger partial charge in [0.2, 0.25) is 5.12 Å². The van der Waals surface area contributed by atoms with Crippen LogP contribution >= 0.6 is 12.6 Å². The molecule has 1 rings (SSSR count). The van der Waals surface area contributed by atoms with E-state index in [0.29, 0.717) is 6.54 Å². The molecular weight excluding hydrogens is 134 g/mol. The maximum Gasteiger partial charge on any atom is 0.213 e. The van der Waals surface area contributed by atoms with Crippen molar-refractivity contribution < 1.29 is 4.79 Å². The Bertz CT molecular complexity index is 153. The molecular formula is C6H9NOS. The summed E-state index contributed by atoms with van der Waals surface area (Å²) in [5.41, 5.74) is 0.796. The van der Waals surface area contributed by atoms with E-state index >= 15 is 0 Å². The quantitative estimate of drug-likeness (QED) is 0.519. The molecule has 0 radical (unpaired) electrons. The van der Waals surface area contributed by atoms with Gasteiger partial charge >= 0.3 is 0 Å². The lowest BCUT2D eigenvalue weighted by atomic mass is 10.2. The Kier molecular flexibility index (Phi) is 2.30. The van der Waals surface area contributed by atoms with Gasteiger partial charge in [0.05, 0.1) is 0 Å². The van der Waals surface area contributed by atoms with Gasteiger partial charge in [0.15, 0.2) is 0 Å². The molecule has 0 aliphatic carbocycles. The van der Waals surface area contributed by atoms with Crippen molar-refractivity contribution in [2.24, 2.45) is 0 Å². The highest BCUT2D eigenvalue weighted by molar-refractivity contribution is 7.97. The standard InChI is InChI=1S/C6H9NOS/c8-6(9)5-2-1-3-7-4-5/h2,7H,1,3-4H2,(H,8,9). The Morgan fingerprint density at radius 1 is 1.78 bits per heavy atom. The fourth-order valence-electron chi connectivity index (χ4n) is 0.807. The fraction of sp³-hybridized carbons (Fsp3) is 0.500. The molecule has 1 aliphatic heterocycles. The first-order chi connectivity index (χ1) is 4.30. The number of hydrogen-bond donors (Lipinski definition) is 2. The molecule has 50 valence electrons. The summed E-state index contributed by atoms with van der Waals surface area (Å²) in [7, 11) is 0. The molecule has 9 heavy (non-hydrogen) atoms. The zero-order chi connectivity index (χ0) is 6.69. The molecule has 0 aromatic carbocycles. The third kappa shape index (κ3) is 1.84. The topological polar surface area (TPSA) is 29.1 Å². The van der Waals surface area contributed by atoms with Crippen molar-refractivity contribution >= 4 is 17.7 Å². The van der Waals surface area contributed by atoms with E-state index in [1.54, 1.807) is 0 Å². The van der Waals surface area contributed by atoms with E-state index in [4.69, 9.17) is 0 Å². The largest absolute Gasteiger partial charge is 0.312 e. The molecule has 0 saturated heterocycles. The lowest BCUT2D eigenvalue weighted by Gasteiger charge is -2.09. The van der Waals surface area contributed by atoms with E-state index in [0.717, 1.165) is 18.5 Å². The Morgan fingerprint density at radius 3 is 2.89 bits per heavy atom. The Labute approximate surface area is 59.7 Å². The van der Waals surface area contributed by atoms with Crippen molar-refractivity contribution in [1.29, 1.82) is 0 Å². The predicted octanol–water partition coefficient (Wildman–Crippen LogP) is 0.362. The molecule has 0 aromatic heterocycles. The molecule has 0 amide bonds. The molecule has 3 heteroatoms. The summed E-state index contributed by atoms with van der Waals surface area (Å²) in [4.78, 5) is 10.6. The normalized spacial score (nSPS) is 19.0. The van der Waals surface area contributed by atoms with Crippen molar-refractivity contribution in [2.75, 3.05) is 13.1 Å². The van der Waals surface area contributed by atoms with Crippen LogP contribution in [0, 0.1) is 0 Å². The molecule has 0 saturated carbocycles. The Morgan fingerprint density at radius 2 is 2.56 bits per heavy atom. The van der Waals surface area contributed by atoms with E-state index in [1.807, 2.05) is 6.08 Å². The second-order valence-electron chi connectivity index (χ2n) is 2.00. The highest BCUT2D eigenvalue weighted by Gasteiger charge is 2.06. The molecule has 0 aromatic rings. The molecule has 0 bridgehead atoms. The molecule has 1 aliphatic rings. The van der Waals surface area contributed by atoms with E-state index < -0.39 is 0 Å². The van der Waals surface area contributed by atoms with Crippen molar-refractivity contribution in [3.63, 3.8) is 0 Å². The number of carbonyl (C=O) groups excluding carboxylic acids is 1. The van der Waals surface area contributed by atoms with Crippen LogP contribution in [0.25, 0.3) is 0 Å². The number of rotatable bonds is 1. The second kappa shape index (κ2) is 3.03. The average molecular weight is 143 g/mol. The molecule has 1 heterocycles. The minimum atomic E-state index is -0.109. The zero-order valence-corrected chi connectivity index (χ0v) is 5.95. The average Bonchev–Trinajstić information content (AvgIpc) is 1.90. The summed E-state index contributed by atoms with van der Waals surface area (Å²) in [5.74, 6) is 0. The highest BCUT2D eigenvalue weighted by atomic mass is 32.1. The summed E-state index contributed by atoms with van der Waals surface area (Å²) in [6.45, 7) is 1.66. The number of nitrogens with one attached hydrogen (secondary N) is 1. The first-order valence-corrected chi connectivity index (χ1v) is 3.38. The van der Waals surface area contributed by atoms with Crippen LogP contribution in [-0.4, -0.2) is 18.2 Å². The SMILES string of the molecule is O=C(S)C1=CCCNC1. The maximum atomic E-state index is 10.6. The third-order valence-electron chi connectivity index (χ3n) is 1.30. The van der Waals surface area contributed by atoms with Crippen molar-refractivity contribution in [3.8, 4) is 0 Å². The third-order valence-corrected chi connectivity index (χ3v) is 1.59. The van der Waals surface area contributed by atoms with Crippen LogP contribution in [0.15, 0.2) is 11.6 Å². The van der Waals surface area contributed by atoms with Gasteiger partial charge in [-0.05, 0) is 13.0 Å². The van der Waals surface area contributed by atoms with E-state index in [-0.39, 0.29) is 5.12 Å². The number of carbonyl (C=O) groups is 1. The first-order valence-electron chi connectivity index (χ1n) is 2.94. The molecule has 2 nitrogen and oxygen atoms in total. The summed E-state index contributed by atoms with van der Waals surface area (Å²) in [5, 5.41) is 2.97. The van der Waals surface area contributed by atoms with Crippen LogP contribution in [0.5, 0.6) is 0 Å². The smallest absolute Gasteiger partial charge is 0.213 e. The van der Waals surface area contributed by atoms with Gasteiger partial charge in [0, 0.05) is 12.1 Å². The first kappa shape index (κ1) is 6.83. The molecule has 0 fully saturated rings. The van der Waals surface area contributed by atoms with Crippen LogP contribution < -0.4 is 5.32 Å². The predicted molar refractivity (Wildman–Crippen MR) is 39.6 cm³/mol. The van der Waals surface area contributed by atoms with Gasteiger partial charge in [-0.3, -0.25) is 4.79 Å². The molecule has 0 spiro atoms. The van der Waals surface area contributed by atoms with Crippen LogP contribution in [0.1, 0.15) is 6.42 Å². The van der Waals surface area contributed by atoms with E-state index in [9.17, 15) is 4.79 Å². The van der Waals surface area contributed by atoms with Crippen molar-refractivity contribution in [2.45, 2.75) is 6.42 Å². The lowest BCUT2D eigenvalue weighted by Crippen LogP contribution is -2.24. The van der Waals surface area contributed by atoms with Gasteiger partial charge in [-0.2, -0.15) is 0 Å². The van der Waals surface area contributed by atoms with Crippen LogP contribution in [0.3, 0.4) is 0 Å². The van der Waals surface area contributed by atoms with Gasteiger partial charge in [0.25, 0.3) is 0 Å². The van der Waals surface area contributed by atoms with Gasteiger partial charge in [-0.15, -0.1) is 12.6 Å². The van der Waals surface area contributed by atoms with Crippen LogP contribution in [0.4, 0.5) is 0 Å². The molecule has 1 N–H and O–H groups in total. The second-order valence-corrected chi connectivity index (χ2v) is 2.41. The Balaban J connectivity index is 2.57. The lowest BCUT2D eigenvalue weighted by molar-refractivity contribution is -0.107. The van der Waals surface area contributed by atoms with Gasteiger partial charge in [-0.1, -0.05) is 6.08 Å². The molecule has 0 atom stereocenters. The van der Waals surface area contributed by atoms with E-state index in [2.05, 4.69) is 17.9 Å². The summed E-state index contributed by atoms with van der Waals surface area (Å²) >= 11 is 3.69. The minimum Gasteiger partial charge on any atom is -0.312 e. The Hall–Kier alpha value is -0.280. The van der Waals surface area contributed by atoms with Crippen LogP contribution in [-0.2, 0) is 4.79 Å². The summed E-state index contributed by atoms with van der Waals surface area (Å²) in [6.07, 6.45) is 2.88. The van der Waals surface area contributed by atoms with Crippen molar-refractivity contribution in [3.05, 3.63) is 11.6 Å². The summed E-state index contributed by atoms with van der Waals surface area (Å²) in [6, 6.07) is 0. The zero-order valence-electron chi connectivity index (χ0n) is 5.05. The van der Waals surface area contributed by atoms with Crippen molar-refractivity contribution in [1.82, 2.24) is 5.32 Å². The minimum absolute atomic E-state index is 0.109.